The molecule has 1 radical (unpaired) electrons. The minimum absolute atomic E-state index is 0.0160. The third kappa shape index (κ3) is 3.14. The Hall–Kier alpha value is -1.43. The van der Waals surface area contributed by atoms with E-state index in [1.54, 1.807) is 12.5 Å². The van der Waals surface area contributed by atoms with Gasteiger partial charge < -0.3 is 15.0 Å². The first-order valence-corrected chi connectivity index (χ1v) is 4.24. The third-order valence-electron chi connectivity index (χ3n) is 1.84. The van der Waals surface area contributed by atoms with E-state index >= 15 is 0 Å². The fourth-order valence-corrected chi connectivity index (χ4v) is 1.09. The SMILES string of the molecule is CC(=O)C(Cc1cnc[nH]1)N[B]C=O. The summed E-state index contributed by atoms with van der Waals surface area (Å²) in [6.45, 7) is 1.48. The van der Waals surface area contributed by atoms with Crippen molar-refractivity contribution in [3.63, 3.8) is 0 Å². The van der Waals surface area contributed by atoms with Gasteiger partial charge in [0.2, 0.25) is 0 Å². The molecule has 0 bridgehead atoms. The molecule has 0 spiro atoms. The molecule has 1 atom stereocenters. The third-order valence-corrected chi connectivity index (χ3v) is 1.84. The number of nitrogens with one attached hydrogen (secondary N) is 2. The molecular weight excluding hydrogens is 181 g/mol. The van der Waals surface area contributed by atoms with Crippen LogP contribution in [0.5, 0.6) is 0 Å². The smallest absolute Gasteiger partial charge is 0.290 e. The summed E-state index contributed by atoms with van der Waals surface area (Å²) >= 11 is 0. The standard InChI is InChI=1S/C8H11BN3O2/c1-6(14)8(12-9-4-13)2-7-3-10-5-11-7/h3-5,8,12H,2H2,1H3,(H,10,11). The van der Waals surface area contributed by atoms with Gasteiger partial charge in [-0.3, -0.25) is 4.79 Å². The van der Waals surface area contributed by atoms with Crippen LogP contribution in [0, 0.1) is 0 Å². The van der Waals surface area contributed by atoms with Gasteiger partial charge in [-0.15, -0.1) is 0 Å². The van der Waals surface area contributed by atoms with E-state index in [-0.39, 0.29) is 11.8 Å². The fourth-order valence-electron chi connectivity index (χ4n) is 1.09. The molecule has 1 heterocycles. The van der Waals surface area contributed by atoms with Crippen molar-refractivity contribution < 1.29 is 9.59 Å². The number of nitrogens with zero attached hydrogens (tertiary/aromatic N) is 1. The Kier molecular flexibility index (Phi) is 4.06. The summed E-state index contributed by atoms with van der Waals surface area (Å²) in [5, 5.41) is 2.72. The summed E-state index contributed by atoms with van der Waals surface area (Å²) in [6.07, 6.45) is 4.32. The number of hydrogen-bond acceptors (Lipinski definition) is 4. The summed E-state index contributed by atoms with van der Waals surface area (Å²) in [7, 11) is 1.22. The number of rotatable bonds is 6. The van der Waals surface area contributed by atoms with Crippen molar-refractivity contribution in [1.82, 2.24) is 15.2 Å². The number of hydrogen-bond donors (Lipinski definition) is 2. The van der Waals surface area contributed by atoms with E-state index in [1.807, 2.05) is 0 Å². The van der Waals surface area contributed by atoms with Crippen molar-refractivity contribution in [2.75, 3.05) is 0 Å². The molecule has 0 amide bonds. The van der Waals surface area contributed by atoms with Crippen molar-refractivity contribution in [2.24, 2.45) is 0 Å². The molecule has 5 nitrogen and oxygen atoms in total. The molecule has 14 heavy (non-hydrogen) atoms. The number of aromatic nitrogens is 2. The molecule has 6 heteroatoms. The van der Waals surface area contributed by atoms with Gasteiger partial charge in [-0.2, -0.15) is 0 Å². The summed E-state index contributed by atoms with van der Waals surface area (Å²) in [6, 6.07) is -0.374. The predicted molar refractivity (Wildman–Crippen MR) is 52.4 cm³/mol. The average molecular weight is 192 g/mol. The molecule has 2 N–H and O–H groups in total. The van der Waals surface area contributed by atoms with Crippen LogP contribution in [-0.2, 0) is 16.0 Å². The molecule has 1 aromatic heterocycles. The van der Waals surface area contributed by atoms with Gasteiger partial charge in [0, 0.05) is 18.3 Å². The van der Waals surface area contributed by atoms with Gasteiger partial charge in [0.25, 0.3) is 7.41 Å². The molecule has 1 unspecified atom stereocenters. The Bertz CT molecular complexity index is 300. The van der Waals surface area contributed by atoms with Crippen molar-refractivity contribution >= 4 is 19.4 Å². The second-order valence-corrected chi connectivity index (χ2v) is 2.91. The second-order valence-electron chi connectivity index (χ2n) is 2.91. The van der Waals surface area contributed by atoms with Crippen LogP contribution in [0.4, 0.5) is 0 Å². The highest BCUT2D eigenvalue weighted by atomic mass is 16.1. The first-order valence-electron chi connectivity index (χ1n) is 4.24. The molecule has 73 valence electrons. The van der Waals surface area contributed by atoms with Crippen LogP contribution in [0.2, 0.25) is 0 Å². The van der Waals surface area contributed by atoms with E-state index in [0.717, 1.165) is 5.69 Å². The highest BCUT2D eigenvalue weighted by molar-refractivity contribution is 6.64. The van der Waals surface area contributed by atoms with Crippen LogP contribution in [0.15, 0.2) is 12.5 Å². The van der Waals surface area contributed by atoms with E-state index in [0.29, 0.717) is 12.6 Å². The monoisotopic (exact) mass is 192 g/mol. The number of carbonyl (C=O) groups is 2. The molecule has 0 aliphatic rings. The molecule has 1 aromatic rings. The van der Waals surface area contributed by atoms with Gasteiger partial charge >= 0.3 is 0 Å². The molecule has 0 saturated heterocycles. The summed E-state index contributed by atoms with van der Waals surface area (Å²) in [5.41, 5.74) is 0.858. The van der Waals surface area contributed by atoms with Crippen LogP contribution < -0.4 is 5.23 Å². The van der Waals surface area contributed by atoms with Gasteiger partial charge in [-0.25, -0.2) is 4.98 Å². The maximum atomic E-state index is 11.1. The van der Waals surface area contributed by atoms with Crippen molar-refractivity contribution in [2.45, 2.75) is 19.4 Å². The van der Waals surface area contributed by atoms with Crippen molar-refractivity contribution in [3.05, 3.63) is 18.2 Å². The zero-order valence-electron chi connectivity index (χ0n) is 7.86. The minimum atomic E-state index is -0.374. The molecule has 0 saturated carbocycles. The van der Waals surface area contributed by atoms with Gasteiger partial charge in [-0.05, 0) is 6.92 Å². The van der Waals surface area contributed by atoms with E-state index in [9.17, 15) is 9.59 Å². The summed E-state index contributed by atoms with van der Waals surface area (Å²) in [4.78, 5) is 28.0. The molecule has 0 fully saturated rings. The van der Waals surface area contributed by atoms with Crippen LogP contribution in [0.25, 0.3) is 0 Å². The number of imidazole rings is 1. The highest BCUT2D eigenvalue weighted by Gasteiger charge is 2.14. The maximum absolute atomic E-state index is 11.1. The largest absolute Gasteiger partial charge is 0.348 e. The van der Waals surface area contributed by atoms with Gasteiger partial charge in [0.05, 0.1) is 18.6 Å². The Morgan fingerprint density at radius 1 is 1.86 bits per heavy atom. The van der Waals surface area contributed by atoms with Crippen LogP contribution in [0.3, 0.4) is 0 Å². The zero-order valence-corrected chi connectivity index (χ0v) is 7.86. The number of Topliss-reactive ketones (excluding diaryl/α,β-unsaturated/α-hetero) is 1. The summed E-state index contributed by atoms with van der Waals surface area (Å²) < 4.78 is 0. The van der Waals surface area contributed by atoms with Gasteiger partial charge in [0.1, 0.15) is 5.78 Å². The number of H-pyrrole nitrogens is 1. The molecule has 0 aliphatic carbocycles. The summed E-state index contributed by atoms with van der Waals surface area (Å²) in [5.74, 6) is -0.0160. The second kappa shape index (κ2) is 5.34. The first-order chi connectivity index (χ1) is 6.74. The van der Waals surface area contributed by atoms with Crippen molar-refractivity contribution in [3.8, 4) is 0 Å². The van der Waals surface area contributed by atoms with E-state index in [2.05, 4.69) is 15.2 Å². The molecule has 0 aliphatic heterocycles. The van der Waals surface area contributed by atoms with E-state index in [4.69, 9.17) is 0 Å². The lowest BCUT2D eigenvalue weighted by Crippen LogP contribution is -2.40. The Balaban J connectivity index is 2.51. The average Bonchev–Trinajstić information content (AvgIpc) is 2.64. The van der Waals surface area contributed by atoms with Gasteiger partial charge in [-0.1, -0.05) is 0 Å². The number of ketones is 1. The topological polar surface area (TPSA) is 74.8 Å². The van der Waals surface area contributed by atoms with Gasteiger partial charge in [0.15, 0.2) is 0 Å². The lowest BCUT2D eigenvalue weighted by molar-refractivity contribution is -0.118. The highest BCUT2D eigenvalue weighted by Crippen LogP contribution is 1.98. The Morgan fingerprint density at radius 2 is 2.64 bits per heavy atom. The molecular formula is C8H11BN3O2. The lowest BCUT2D eigenvalue weighted by atomic mass is 9.94. The van der Waals surface area contributed by atoms with E-state index < -0.39 is 0 Å². The van der Waals surface area contributed by atoms with Crippen molar-refractivity contribution in [1.29, 1.82) is 0 Å². The first kappa shape index (κ1) is 10.7. The lowest BCUT2D eigenvalue weighted by Gasteiger charge is -2.12. The predicted octanol–water partition coefficient (Wildman–Crippen LogP) is -0.691. The normalized spacial score (nSPS) is 12.1. The fraction of sp³-hybridized carbons (Fsp3) is 0.375. The Labute approximate surface area is 82.6 Å². The maximum Gasteiger partial charge on any atom is 0.290 e. The quantitative estimate of drug-likeness (QED) is 0.462. The van der Waals surface area contributed by atoms with Crippen LogP contribution >= 0.6 is 0 Å². The zero-order chi connectivity index (χ0) is 10.4. The minimum Gasteiger partial charge on any atom is -0.348 e. The molecule has 1 rings (SSSR count). The van der Waals surface area contributed by atoms with Crippen LogP contribution in [-0.4, -0.2) is 35.4 Å². The Morgan fingerprint density at radius 3 is 3.14 bits per heavy atom. The van der Waals surface area contributed by atoms with Crippen LogP contribution in [0.1, 0.15) is 12.6 Å². The number of carbonyl (C=O) groups excluding carboxylic acids is 2. The van der Waals surface area contributed by atoms with E-state index in [1.165, 1.54) is 14.3 Å². The molecule has 0 aromatic carbocycles. The number of aromatic amines is 1.